The maximum absolute atomic E-state index is 14.2. The summed E-state index contributed by atoms with van der Waals surface area (Å²) in [4.78, 5) is 26.7. The lowest BCUT2D eigenvalue weighted by molar-refractivity contribution is -0.145. The van der Waals surface area contributed by atoms with Gasteiger partial charge in [0.1, 0.15) is 17.1 Å². The van der Waals surface area contributed by atoms with Crippen molar-refractivity contribution in [3.63, 3.8) is 0 Å². The largest absolute Gasteiger partial charge is 0.489 e. The van der Waals surface area contributed by atoms with Gasteiger partial charge in [-0.1, -0.05) is 59.6 Å². The van der Waals surface area contributed by atoms with E-state index < -0.39 is 26.5 Å². The molecule has 1 amide bonds. The molecule has 2 aliphatic rings. The number of sulfone groups is 1. The average molecular weight is 617 g/mol. The van der Waals surface area contributed by atoms with Crippen molar-refractivity contribution in [2.75, 3.05) is 13.1 Å². The van der Waals surface area contributed by atoms with E-state index >= 15 is 0 Å². The fourth-order valence-electron chi connectivity index (χ4n) is 5.93. The van der Waals surface area contributed by atoms with Gasteiger partial charge < -0.3 is 14.7 Å². The van der Waals surface area contributed by atoms with Gasteiger partial charge in [0, 0.05) is 34.6 Å². The molecule has 0 bridgehead atoms. The molecule has 1 saturated heterocycles. The van der Waals surface area contributed by atoms with Gasteiger partial charge in [0.25, 0.3) is 0 Å². The molecule has 1 N–H and O–H groups in total. The van der Waals surface area contributed by atoms with Gasteiger partial charge in [-0.3, -0.25) is 9.59 Å². The van der Waals surface area contributed by atoms with Crippen LogP contribution in [0.5, 0.6) is 5.75 Å². The van der Waals surface area contributed by atoms with E-state index in [-0.39, 0.29) is 36.3 Å². The standard InChI is InChI=1S/C31H31Cl2NO6S/c32-27-7-4-8-28(33)26(27)19-40-24-15-13-23(14-16-24)31(41(38,39)25-5-2-1-3-6-25)17-18-34(20-31)29(35)21-9-11-22(12-10-21)30(36)37/h1-8,13-16,21-22H,9-12,17-20H2,(H,36,37)/t21?,22?,31-/m0/s1. The molecule has 0 unspecified atom stereocenters. The number of carbonyl (C=O) groups excluding carboxylic acids is 1. The second kappa shape index (κ2) is 12.0. The Morgan fingerprint density at radius 1 is 0.878 bits per heavy atom. The Hall–Kier alpha value is -3.07. The van der Waals surface area contributed by atoms with Crippen LogP contribution in [0.4, 0.5) is 0 Å². The van der Waals surface area contributed by atoms with E-state index in [1.54, 1.807) is 77.7 Å². The molecule has 41 heavy (non-hydrogen) atoms. The highest BCUT2D eigenvalue weighted by atomic mass is 35.5. The number of likely N-dealkylation sites (tertiary alicyclic amines) is 1. The minimum Gasteiger partial charge on any atom is -0.489 e. The Bertz CT molecular complexity index is 1500. The van der Waals surface area contributed by atoms with Gasteiger partial charge in [0.05, 0.1) is 10.8 Å². The maximum atomic E-state index is 14.2. The fourth-order valence-corrected chi connectivity index (χ4v) is 8.54. The summed E-state index contributed by atoms with van der Waals surface area (Å²) in [5.74, 6) is -1.13. The van der Waals surface area contributed by atoms with Crippen molar-refractivity contribution in [1.82, 2.24) is 4.90 Å². The zero-order valence-corrected chi connectivity index (χ0v) is 24.7. The predicted molar refractivity (Wildman–Crippen MR) is 157 cm³/mol. The van der Waals surface area contributed by atoms with Crippen LogP contribution in [-0.4, -0.2) is 43.4 Å². The molecule has 10 heteroatoms. The Morgan fingerprint density at radius 2 is 1.49 bits per heavy atom. The van der Waals surface area contributed by atoms with Crippen LogP contribution >= 0.6 is 23.2 Å². The molecule has 3 aromatic carbocycles. The molecule has 0 spiro atoms. The van der Waals surface area contributed by atoms with Crippen molar-refractivity contribution in [3.8, 4) is 5.75 Å². The van der Waals surface area contributed by atoms with Crippen LogP contribution in [0.25, 0.3) is 0 Å². The molecule has 1 saturated carbocycles. The van der Waals surface area contributed by atoms with E-state index in [0.717, 1.165) is 0 Å². The smallest absolute Gasteiger partial charge is 0.306 e. The summed E-state index contributed by atoms with van der Waals surface area (Å²) in [5, 5.41) is 10.3. The van der Waals surface area contributed by atoms with Crippen molar-refractivity contribution < 1.29 is 27.9 Å². The van der Waals surface area contributed by atoms with Crippen LogP contribution in [0.1, 0.15) is 43.2 Å². The molecular formula is C31H31Cl2NO6S. The third-order valence-corrected chi connectivity index (χ3v) is 11.6. The molecule has 3 aromatic rings. The molecule has 7 nitrogen and oxygen atoms in total. The van der Waals surface area contributed by atoms with Crippen LogP contribution in [-0.2, 0) is 30.8 Å². The van der Waals surface area contributed by atoms with Gasteiger partial charge in [-0.05, 0) is 74.1 Å². The van der Waals surface area contributed by atoms with E-state index in [1.165, 1.54) is 0 Å². The number of carboxylic acid groups (broad SMARTS) is 1. The highest BCUT2D eigenvalue weighted by Gasteiger charge is 2.52. The summed E-state index contributed by atoms with van der Waals surface area (Å²) in [7, 11) is -3.90. The SMILES string of the molecule is O=C(O)C1CCC(C(=O)N2CC[C@](c3ccc(OCc4c(Cl)cccc4Cl)cc3)(S(=O)(=O)c3ccccc3)C2)CC1. The Kier molecular flexibility index (Phi) is 8.64. The van der Waals surface area contributed by atoms with Crippen molar-refractivity contribution in [1.29, 1.82) is 0 Å². The molecule has 0 aromatic heterocycles. The normalized spacial score (nSPS) is 22.8. The van der Waals surface area contributed by atoms with Gasteiger partial charge in [-0.2, -0.15) is 0 Å². The van der Waals surface area contributed by atoms with E-state index in [4.69, 9.17) is 27.9 Å². The number of halogens is 2. The second-order valence-corrected chi connectivity index (χ2v) is 13.8. The van der Waals surface area contributed by atoms with Crippen molar-refractivity contribution in [2.24, 2.45) is 11.8 Å². The number of hydrogen-bond donors (Lipinski definition) is 1. The van der Waals surface area contributed by atoms with E-state index in [2.05, 4.69) is 0 Å². The molecule has 1 aliphatic heterocycles. The van der Waals surface area contributed by atoms with Crippen LogP contribution in [0.2, 0.25) is 10.0 Å². The molecule has 1 atom stereocenters. The topological polar surface area (TPSA) is 101 Å². The van der Waals surface area contributed by atoms with Crippen molar-refractivity contribution in [2.45, 2.75) is 48.4 Å². The van der Waals surface area contributed by atoms with Gasteiger partial charge in [0.2, 0.25) is 5.91 Å². The summed E-state index contributed by atoms with van der Waals surface area (Å²) in [6, 6.07) is 20.5. The number of nitrogens with zero attached hydrogens (tertiary/aromatic N) is 1. The fraction of sp³-hybridized carbons (Fsp3) is 0.355. The first-order chi connectivity index (χ1) is 19.6. The number of hydrogen-bond acceptors (Lipinski definition) is 5. The summed E-state index contributed by atoms with van der Waals surface area (Å²) in [6.07, 6.45) is 2.14. The van der Waals surface area contributed by atoms with Crippen LogP contribution in [0.15, 0.2) is 77.7 Å². The number of aliphatic carboxylic acids is 1. The number of carbonyl (C=O) groups is 2. The molecular weight excluding hydrogens is 585 g/mol. The molecule has 2 fully saturated rings. The molecule has 5 rings (SSSR count). The third kappa shape index (κ3) is 5.83. The molecule has 1 aliphatic carbocycles. The van der Waals surface area contributed by atoms with Crippen LogP contribution < -0.4 is 4.74 Å². The second-order valence-electron chi connectivity index (χ2n) is 10.7. The van der Waals surface area contributed by atoms with E-state index in [1.807, 2.05) is 0 Å². The Balaban J connectivity index is 1.40. The van der Waals surface area contributed by atoms with Crippen LogP contribution in [0, 0.1) is 11.8 Å². The van der Waals surface area contributed by atoms with Gasteiger partial charge in [0.15, 0.2) is 9.84 Å². The maximum Gasteiger partial charge on any atom is 0.306 e. The lowest BCUT2D eigenvalue weighted by Gasteiger charge is -2.32. The average Bonchev–Trinajstić information content (AvgIpc) is 3.45. The number of amides is 1. The minimum atomic E-state index is -3.90. The quantitative estimate of drug-likeness (QED) is 0.316. The Labute approximate surface area is 250 Å². The zero-order valence-electron chi connectivity index (χ0n) is 22.3. The molecule has 216 valence electrons. The first kappa shape index (κ1) is 29.4. The third-order valence-electron chi connectivity index (χ3n) is 8.36. The monoisotopic (exact) mass is 615 g/mol. The van der Waals surface area contributed by atoms with Gasteiger partial charge in [-0.25, -0.2) is 8.42 Å². The van der Waals surface area contributed by atoms with E-state index in [0.29, 0.717) is 59.1 Å². The number of benzene rings is 3. The first-order valence-corrected chi connectivity index (χ1v) is 15.8. The lowest BCUT2D eigenvalue weighted by atomic mass is 9.81. The van der Waals surface area contributed by atoms with Crippen molar-refractivity contribution >= 4 is 44.9 Å². The number of ether oxygens (including phenoxy) is 1. The molecule has 1 heterocycles. The first-order valence-electron chi connectivity index (χ1n) is 13.6. The highest BCUT2D eigenvalue weighted by molar-refractivity contribution is 7.92. The Morgan fingerprint density at radius 3 is 2.10 bits per heavy atom. The number of rotatable bonds is 8. The molecule has 0 radical (unpaired) electrons. The van der Waals surface area contributed by atoms with Crippen LogP contribution in [0.3, 0.4) is 0 Å². The van der Waals surface area contributed by atoms with E-state index in [9.17, 15) is 23.1 Å². The number of carboxylic acids is 1. The summed E-state index contributed by atoms with van der Waals surface area (Å²) < 4.78 is 33.0. The minimum absolute atomic E-state index is 0.0252. The van der Waals surface area contributed by atoms with Gasteiger partial charge in [-0.15, -0.1) is 0 Å². The summed E-state index contributed by atoms with van der Waals surface area (Å²) in [6.45, 7) is 0.474. The van der Waals surface area contributed by atoms with Crippen molar-refractivity contribution in [3.05, 3.63) is 94.0 Å². The highest BCUT2D eigenvalue weighted by Crippen LogP contribution is 2.45. The lowest BCUT2D eigenvalue weighted by Crippen LogP contribution is -2.42. The zero-order chi connectivity index (χ0) is 29.2. The predicted octanol–water partition coefficient (Wildman–Crippen LogP) is 6.36. The summed E-state index contributed by atoms with van der Waals surface area (Å²) in [5.41, 5.74) is 1.24. The van der Waals surface area contributed by atoms with Gasteiger partial charge >= 0.3 is 5.97 Å². The summed E-state index contributed by atoms with van der Waals surface area (Å²) >= 11 is 12.5.